The number of hydrogen-bond acceptors (Lipinski definition) is 5. The first-order valence-corrected chi connectivity index (χ1v) is 5.33. The van der Waals surface area contributed by atoms with E-state index in [1.807, 2.05) is 0 Å². The monoisotopic (exact) mass is 248 g/mol. The molecule has 1 heterocycles. The number of hydrogen-bond donors (Lipinski definition) is 0. The molecule has 18 heavy (non-hydrogen) atoms. The van der Waals surface area contributed by atoms with E-state index in [-0.39, 0.29) is 6.42 Å². The van der Waals surface area contributed by atoms with Crippen molar-refractivity contribution in [1.82, 2.24) is 0 Å². The summed E-state index contributed by atoms with van der Waals surface area (Å²) in [6.07, 6.45) is 4.32. The van der Waals surface area contributed by atoms with Gasteiger partial charge in [0, 0.05) is 0 Å². The van der Waals surface area contributed by atoms with Gasteiger partial charge in [-0.3, -0.25) is 10.1 Å². The minimum atomic E-state index is -1.57. The Balaban J connectivity index is 2.15. The molecule has 0 fully saturated rings. The van der Waals surface area contributed by atoms with Crippen molar-refractivity contribution < 1.29 is 14.4 Å². The Morgan fingerprint density at radius 2 is 2.22 bits per heavy atom. The fraction of sp³-hybridized carbons (Fsp3) is 0.250. The molecule has 0 N–H and O–H groups in total. The van der Waals surface area contributed by atoms with E-state index in [2.05, 4.69) is 4.99 Å². The van der Waals surface area contributed by atoms with Crippen molar-refractivity contribution in [2.45, 2.75) is 12.1 Å². The molecule has 0 bridgehead atoms. The van der Waals surface area contributed by atoms with Crippen molar-refractivity contribution in [3.63, 3.8) is 0 Å². The third kappa shape index (κ3) is 2.32. The molecule has 94 valence electrons. The van der Waals surface area contributed by atoms with Gasteiger partial charge in [-0.05, 0) is 30.3 Å². The van der Waals surface area contributed by atoms with Gasteiger partial charge >= 0.3 is 5.72 Å². The Bertz CT molecular complexity index is 485. The average Bonchev–Trinajstić information content (AvgIpc) is 2.87. The van der Waals surface area contributed by atoms with E-state index in [0.717, 1.165) is 0 Å². The number of nitrogens with zero attached hydrogens (tertiary/aromatic N) is 2. The lowest BCUT2D eigenvalue weighted by Gasteiger charge is -2.13. The highest BCUT2D eigenvalue weighted by atomic mass is 16.7. The van der Waals surface area contributed by atoms with Crippen LogP contribution in [-0.4, -0.2) is 24.0 Å². The highest BCUT2D eigenvalue weighted by molar-refractivity contribution is 5.71. The summed E-state index contributed by atoms with van der Waals surface area (Å²) >= 11 is 0. The molecule has 0 aromatic heterocycles. The maximum absolute atomic E-state index is 11.0. The van der Waals surface area contributed by atoms with Crippen molar-refractivity contribution in [3.8, 4) is 5.75 Å². The summed E-state index contributed by atoms with van der Waals surface area (Å²) in [5.41, 5.74) is -0.965. The zero-order chi connectivity index (χ0) is 13.0. The van der Waals surface area contributed by atoms with Crippen LogP contribution in [0.5, 0.6) is 5.75 Å². The van der Waals surface area contributed by atoms with Crippen LogP contribution in [-0.2, 0) is 4.74 Å². The summed E-state index contributed by atoms with van der Waals surface area (Å²) in [5, 5.41) is 11.0. The first-order valence-electron chi connectivity index (χ1n) is 5.33. The lowest BCUT2D eigenvalue weighted by atomic mass is 10.2. The molecule has 2 rings (SSSR count). The number of aliphatic imine (C=N–C) groups is 1. The largest absolute Gasteiger partial charge is 0.497 e. The molecular formula is C12H12N2O4. The second-order valence-electron chi connectivity index (χ2n) is 3.75. The van der Waals surface area contributed by atoms with Gasteiger partial charge in [0.15, 0.2) is 0 Å². The molecule has 1 unspecified atom stereocenters. The van der Waals surface area contributed by atoms with Crippen molar-refractivity contribution >= 4 is 11.9 Å². The summed E-state index contributed by atoms with van der Waals surface area (Å²) in [7, 11) is 1.57. The second-order valence-corrected chi connectivity index (χ2v) is 3.75. The van der Waals surface area contributed by atoms with E-state index in [0.29, 0.717) is 11.4 Å². The molecule has 0 radical (unpaired) electrons. The molecule has 1 aromatic carbocycles. The van der Waals surface area contributed by atoms with Crippen molar-refractivity contribution in [3.05, 3.63) is 46.7 Å². The van der Waals surface area contributed by atoms with Gasteiger partial charge in [0.25, 0.3) is 0 Å². The molecule has 0 saturated carbocycles. The predicted molar refractivity (Wildman–Crippen MR) is 65.7 cm³/mol. The molecule has 0 saturated heterocycles. The highest BCUT2D eigenvalue weighted by Gasteiger charge is 2.44. The van der Waals surface area contributed by atoms with Crippen molar-refractivity contribution in [2.24, 2.45) is 4.99 Å². The summed E-state index contributed by atoms with van der Waals surface area (Å²) in [6.45, 7) is 0. The summed E-state index contributed by atoms with van der Waals surface area (Å²) in [4.78, 5) is 14.6. The number of nitro groups is 1. The molecule has 1 aliphatic rings. The van der Waals surface area contributed by atoms with Crippen LogP contribution in [0.2, 0.25) is 0 Å². The number of benzene rings is 1. The molecule has 1 aromatic rings. The number of ether oxygens (including phenoxy) is 2. The molecule has 1 atom stereocenters. The average molecular weight is 248 g/mol. The lowest BCUT2D eigenvalue weighted by molar-refractivity contribution is -0.592. The van der Waals surface area contributed by atoms with Gasteiger partial charge in [0.2, 0.25) is 0 Å². The third-order valence-corrected chi connectivity index (χ3v) is 2.58. The Hall–Kier alpha value is -2.37. The highest BCUT2D eigenvalue weighted by Crippen LogP contribution is 2.24. The summed E-state index contributed by atoms with van der Waals surface area (Å²) in [6, 6.07) is 6.90. The van der Waals surface area contributed by atoms with Crippen molar-refractivity contribution in [2.75, 3.05) is 7.11 Å². The molecule has 1 aliphatic heterocycles. The van der Waals surface area contributed by atoms with E-state index < -0.39 is 10.6 Å². The van der Waals surface area contributed by atoms with Crippen LogP contribution in [0.15, 0.2) is 41.6 Å². The molecular weight excluding hydrogens is 236 g/mol. The van der Waals surface area contributed by atoms with Gasteiger partial charge in [-0.25, -0.2) is 4.99 Å². The van der Waals surface area contributed by atoms with E-state index in [1.165, 1.54) is 12.5 Å². The van der Waals surface area contributed by atoms with Gasteiger partial charge in [-0.15, -0.1) is 0 Å². The van der Waals surface area contributed by atoms with Crippen LogP contribution in [0.3, 0.4) is 0 Å². The number of methoxy groups -OCH3 is 1. The predicted octanol–water partition coefficient (Wildman–Crippen LogP) is 2.30. The summed E-state index contributed by atoms with van der Waals surface area (Å²) < 4.78 is 10.0. The Morgan fingerprint density at radius 1 is 1.50 bits per heavy atom. The smallest absolute Gasteiger partial charge is 0.403 e. The van der Waals surface area contributed by atoms with E-state index in [9.17, 15) is 10.1 Å². The van der Waals surface area contributed by atoms with Crippen LogP contribution in [0.25, 0.3) is 0 Å². The second kappa shape index (κ2) is 4.87. The minimum absolute atomic E-state index is 0.180. The first-order chi connectivity index (χ1) is 8.66. The fourth-order valence-electron chi connectivity index (χ4n) is 1.52. The van der Waals surface area contributed by atoms with Crippen LogP contribution in [0.4, 0.5) is 5.69 Å². The Morgan fingerprint density at radius 3 is 2.72 bits per heavy atom. The quantitative estimate of drug-likeness (QED) is 0.465. The van der Waals surface area contributed by atoms with E-state index in [1.54, 1.807) is 37.5 Å². The molecule has 0 aliphatic carbocycles. The zero-order valence-corrected chi connectivity index (χ0v) is 9.78. The fourth-order valence-corrected chi connectivity index (χ4v) is 1.52. The normalized spacial score (nSPS) is 22.1. The third-order valence-electron chi connectivity index (χ3n) is 2.58. The number of rotatable bonds is 4. The first kappa shape index (κ1) is 12.1. The van der Waals surface area contributed by atoms with Gasteiger partial charge < -0.3 is 9.47 Å². The van der Waals surface area contributed by atoms with E-state index in [4.69, 9.17) is 9.47 Å². The maximum Gasteiger partial charge on any atom is 0.403 e. The minimum Gasteiger partial charge on any atom is -0.497 e. The van der Waals surface area contributed by atoms with Crippen LogP contribution in [0.1, 0.15) is 6.42 Å². The lowest BCUT2D eigenvalue weighted by Crippen LogP contribution is -2.39. The van der Waals surface area contributed by atoms with E-state index >= 15 is 0 Å². The van der Waals surface area contributed by atoms with Crippen LogP contribution < -0.4 is 4.74 Å². The van der Waals surface area contributed by atoms with Gasteiger partial charge in [0.05, 0.1) is 30.4 Å². The molecule has 0 spiro atoms. The van der Waals surface area contributed by atoms with Crippen LogP contribution in [0, 0.1) is 10.1 Å². The van der Waals surface area contributed by atoms with Crippen LogP contribution >= 0.6 is 0 Å². The Kier molecular flexibility index (Phi) is 3.27. The molecule has 0 amide bonds. The SMILES string of the molecule is COc1ccc(N=CC2([N+](=O)[O-])CC=CO2)cc1. The maximum atomic E-state index is 11.0. The Labute approximate surface area is 104 Å². The summed E-state index contributed by atoms with van der Waals surface area (Å²) in [5.74, 6) is 0.705. The van der Waals surface area contributed by atoms with Gasteiger partial charge in [-0.1, -0.05) is 0 Å². The van der Waals surface area contributed by atoms with Gasteiger partial charge in [0.1, 0.15) is 12.0 Å². The van der Waals surface area contributed by atoms with Gasteiger partial charge in [-0.2, -0.15) is 0 Å². The van der Waals surface area contributed by atoms with Crippen molar-refractivity contribution in [1.29, 1.82) is 0 Å². The zero-order valence-electron chi connectivity index (χ0n) is 9.78. The topological polar surface area (TPSA) is 74.0 Å². The standard InChI is InChI=1S/C12H12N2O4/c1-17-11-5-3-10(4-6-11)13-9-12(14(15)16)7-2-8-18-12/h2-6,8-9H,7H2,1H3. The molecule has 6 nitrogen and oxygen atoms in total. The molecule has 6 heteroatoms.